The number of hydrogen-bond acceptors (Lipinski definition) is 2. The molecule has 0 bridgehead atoms. The van der Waals surface area contributed by atoms with Gasteiger partial charge in [0.2, 0.25) is 0 Å². The first-order valence-electron chi connectivity index (χ1n) is 4.11. The number of rotatable bonds is 2. The van der Waals surface area contributed by atoms with Crippen LogP contribution in [-0.4, -0.2) is 9.97 Å². The molecule has 13 heavy (non-hydrogen) atoms. The largest absolute Gasteiger partial charge is 0.288 e. The molecule has 0 N–H and O–H groups in total. The third-order valence-corrected chi connectivity index (χ3v) is 1.69. The second kappa shape index (κ2) is 3.36. The second-order valence-corrected chi connectivity index (χ2v) is 3.37. The zero-order valence-corrected chi connectivity index (χ0v) is 7.88. The van der Waals surface area contributed by atoms with Crippen molar-refractivity contribution >= 4 is 0 Å². The van der Waals surface area contributed by atoms with E-state index in [1.54, 1.807) is 0 Å². The van der Waals surface area contributed by atoms with Gasteiger partial charge in [0.25, 0.3) is 5.92 Å². The van der Waals surface area contributed by atoms with Gasteiger partial charge in [-0.25, -0.2) is 4.98 Å². The predicted molar refractivity (Wildman–Crippen MR) is 45.7 cm³/mol. The normalized spacial score (nSPS) is 12.2. The standard InChI is InChI=1S/C9H12F2N2/c1-6(2)7-4-12-5-8(13-7)9(3,10)11/h4-6H,1-3H3. The SMILES string of the molecule is CC(C)c1cncc(C(C)(F)F)n1. The molecule has 0 saturated heterocycles. The lowest BCUT2D eigenvalue weighted by molar-refractivity contribution is 0.0121. The Morgan fingerprint density at radius 3 is 2.38 bits per heavy atom. The first-order chi connectivity index (χ1) is 5.91. The van der Waals surface area contributed by atoms with Gasteiger partial charge in [0.1, 0.15) is 5.69 Å². The van der Waals surface area contributed by atoms with Gasteiger partial charge in [-0.05, 0) is 5.92 Å². The minimum absolute atomic E-state index is 0.120. The second-order valence-electron chi connectivity index (χ2n) is 3.37. The molecule has 0 aliphatic heterocycles. The van der Waals surface area contributed by atoms with Gasteiger partial charge in [-0.15, -0.1) is 0 Å². The summed E-state index contributed by atoms with van der Waals surface area (Å²) in [5.74, 6) is -2.78. The Kier molecular flexibility index (Phi) is 2.59. The highest BCUT2D eigenvalue weighted by Crippen LogP contribution is 2.25. The van der Waals surface area contributed by atoms with Crippen molar-refractivity contribution in [2.45, 2.75) is 32.6 Å². The molecular formula is C9H12F2N2. The van der Waals surface area contributed by atoms with E-state index >= 15 is 0 Å². The summed E-state index contributed by atoms with van der Waals surface area (Å²) in [6.07, 6.45) is 2.62. The monoisotopic (exact) mass is 186 g/mol. The molecule has 0 radical (unpaired) electrons. The van der Waals surface area contributed by atoms with Gasteiger partial charge >= 0.3 is 0 Å². The molecule has 4 heteroatoms. The molecule has 0 spiro atoms. The fourth-order valence-corrected chi connectivity index (χ4v) is 0.871. The van der Waals surface area contributed by atoms with E-state index in [4.69, 9.17) is 0 Å². The van der Waals surface area contributed by atoms with Crippen LogP contribution in [0.4, 0.5) is 8.78 Å². The Morgan fingerprint density at radius 2 is 1.92 bits per heavy atom. The average Bonchev–Trinajstić information content (AvgIpc) is 2.03. The number of halogens is 2. The fraction of sp³-hybridized carbons (Fsp3) is 0.556. The Bertz CT molecular complexity index is 292. The summed E-state index contributed by atoms with van der Waals surface area (Å²) >= 11 is 0. The Labute approximate surface area is 76.0 Å². The highest BCUT2D eigenvalue weighted by Gasteiger charge is 2.26. The summed E-state index contributed by atoms with van der Waals surface area (Å²) in [4.78, 5) is 7.56. The van der Waals surface area contributed by atoms with Crippen molar-refractivity contribution in [1.29, 1.82) is 0 Å². The van der Waals surface area contributed by atoms with Crippen molar-refractivity contribution in [3.05, 3.63) is 23.8 Å². The van der Waals surface area contributed by atoms with Gasteiger partial charge in [-0.3, -0.25) is 4.98 Å². The summed E-state index contributed by atoms with van der Waals surface area (Å²) in [6.45, 7) is 4.60. The molecule has 1 rings (SSSR count). The van der Waals surface area contributed by atoms with Crippen LogP contribution in [0.15, 0.2) is 12.4 Å². The predicted octanol–water partition coefficient (Wildman–Crippen LogP) is 2.71. The van der Waals surface area contributed by atoms with Crippen molar-refractivity contribution in [3.63, 3.8) is 0 Å². The van der Waals surface area contributed by atoms with Gasteiger partial charge in [0.15, 0.2) is 0 Å². The highest BCUT2D eigenvalue weighted by molar-refractivity contribution is 5.10. The van der Waals surface area contributed by atoms with E-state index in [0.29, 0.717) is 5.69 Å². The van der Waals surface area contributed by atoms with Gasteiger partial charge in [-0.1, -0.05) is 13.8 Å². The minimum atomic E-state index is -2.90. The molecule has 0 saturated carbocycles. The molecule has 0 aliphatic rings. The van der Waals surface area contributed by atoms with Gasteiger partial charge < -0.3 is 0 Å². The molecule has 1 aromatic rings. The van der Waals surface area contributed by atoms with E-state index in [1.165, 1.54) is 6.20 Å². The topological polar surface area (TPSA) is 25.8 Å². The molecule has 0 fully saturated rings. The number of nitrogens with zero attached hydrogens (tertiary/aromatic N) is 2. The van der Waals surface area contributed by atoms with Crippen LogP contribution in [0.1, 0.15) is 38.1 Å². The van der Waals surface area contributed by atoms with E-state index in [0.717, 1.165) is 13.1 Å². The van der Waals surface area contributed by atoms with E-state index in [-0.39, 0.29) is 11.6 Å². The van der Waals surface area contributed by atoms with E-state index in [9.17, 15) is 8.78 Å². The van der Waals surface area contributed by atoms with Crippen molar-refractivity contribution in [2.24, 2.45) is 0 Å². The number of hydrogen-bond donors (Lipinski definition) is 0. The van der Waals surface area contributed by atoms with Gasteiger partial charge in [-0.2, -0.15) is 8.78 Å². The van der Waals surface area contributed by atoms with Crippen LogP contribution in [0.25, 0.3) is 0 Å². The summed E-state index contributed by atoms with van der Waals surface area (Å²) in [5, 5.41) is 0. The van der Waals surface area contributed by atoms with Crippen LogP contribution in [0.2, 0.25) is 0 Å². The minimum Gasteiger partial charge on any atom is -0.261 e. The Hall–Kier alpha value is -1.06. The zero-order valence-electron chi connectivity index (χ0n) is 7.88. The zero-order chi connectivity index (χ0) is 10.1. The molecule has 0 atom stereocenters. The first kappa shape index (κ1) is 10.0. The lowest BCUT2D eigenvalue weighted by atomic mass is 10.1. The average molecular weight is 186 g/mol. The first-order valence-corrected chi connectivity index (χ1v) is 4.11. The quantitative estimate of drug-likeness (QED) is 0.709. The summed E-state index contributed by atoms with van der Waals surface area (Å²) < 4.78 is 25.6. The molecule has 0 aromatic carbocycles. The van der Waals surface area contributed by atoms with Gasteiger partial charge in [0.05, 0.1) is 11.9 Å². The molecule has 1 aromatic heterocycles. The van der Waals surface area contributed by atoms with Crippen molar-refractivity contribution < 1.29 is 8.78 Å². The van der Waals surface area contributed by atoms with Crippen molar-refractivity contribution in [1.82, 2.24) is 9.97 Å². The molecule has 0 unspecified atom stereocenters. The molecule has 2 nitrogen and oxygen atoms in total. The summed E-state index contributed by atoms with van der Waals surface area (Å²) in [6, 6.07) is 0. The lowest BCUT2D eigenvalue weighted by Crippen LogP contribution is -2.12. The molecule has 0 aliphatic carbocycles. The van der Waals surface area contributed by atoms with Crippen molar-refractivity contribution in [2.75, 3.05) is 0 Å². The molecule has 72 valence electrons. The van der Waals surface area contributed by atoms with Crippen LogP contribution in [-0.2, 0) is 5.92 Å². The third kappa shape index (κ3) is 2.44. The number of aromatic nitrogens is 2. The highest BCUT2D eigenvalue weighted by atomic mass is 19.3. The fourth-order valence-electron chi connectivity index (χ4n) is 0.871. The summed E-state index contributed by atoms with van der Waals surface area (Å²) in [5.41, 5.74) is 0.331. The van der Waals surface area contributed by atoms with Gasteiger partial charge in [0, 0.05) is 13.1 Å². The van der Waals surface area contributed by atoms with E-state index in [1.807, 2.05) is 13.8 Å². The Morgan fingerprint density at radius 1 is 1.31 bits per heavy atom. The number of alkyl halides is 2. The van der Waals surface area contributed by atoms with E-state index < -0.39 is 5.92 Å². The van der Waals surface area contributed by atoms with Crippen LogP contribution in [0.5, 0.6) is 0 Å². The van der Waals surface area contributed by atoms with Crippen LogP contribution in [0.3, 0.4) is 0 Å². The van der Waals surface area contributed by atoms with E-state index in [2.05, 4.69) is 9.97 Å². The maximum atomic E-state index is 12.8. The summed E-state index contributed by atoms with van der Waals surface area (Å²) in [7, 11) is 0. The molecular weight excluding hydrogens is 174 g/mol. The maximum absolute atomic E-state index is 12.8. The smallest absolute Gasteiger partial charge is 0.261 e. The molecule has 0 amide bonds. The van der Waals surface area contributed by atoms with Crippen LogP contribution < -0.4 is 0 Å². The van der Waals surface area contributed by atoms with Crippen molar-refractivity contribution in [3.8, 4) is 0 Å². The Balaban J connectivity index is 3.06. The lowest BCUT2D eigenvalue weighted by Gasteiger charge is -2.11. The third-order valence-electron chi connectivity index (χ3n) is 1.69. The molecule has 1 heterocycles. The van der Waals surface area contributed by atoms with Crippen LogP contribution >= 0.6 is 0 Å². The maximum Gasteiger partial charge on any atom is 0.288 e. The van der Waals surface area contributed by atoms with Crippen LogP contribution in [0, 0.1) is 0 Å².